The first-order valence-corrected chi connectivity index (χ1v) is 8.94. The third-order valence-corrected chi connectivity index (χ3v) is 4.13. The van der Waals surface area contributed by atoms with Gasteiger partial charge in [0.1, 0.15) is 5.76 Å². The van der Waals surface area contributed by atoms with Gasteiger partial charge < -0.3 is 19.5 Å². The molecule has 1 fully saturated rings. The number of furan rings is 1. The number of aromatic nitrogens is 2. The SMILES string of the molecule is CCCN=C(NCCc1ccco1)N1CCN(c2ncccn2)CC1. The molecule has 0 atom stereocenters. The highest BCUT2D eigenvalue weighted by Gasteiger charge is 2.21. The first-order chi connectivity index (χ1) is 12.4. The van der Waals surface area contributed by atoms with Crippen molar-refractivity contribution >= 4 is 11.9 Å². The number of nitrogens with zero attached hydrogens (tertiary/aromatic N) is 5. The van der Waals surface area contributed by atoms with Crippen LogP contribution in [0, 0.1) is 0 Å². The fourth-order valence-electron chi connectivity index (χ4n) is 2.81. The van der Waals surface area contributed by atoms with E-state index in [4.69, 9.17) is 9.41 Å². The standard InChI is InChI=1S/C18H26N6O/c1-2-7-19-17(22-10-6-16-5-3-15-25-16)23-11-13-24(14-12-23)18-20-8-4-9-21-18/h3-5,8-9,15H,2,6-7,10-14H2,1H3,(H,19,22). The first-order valence-electron chi connectivity index (χ1n) is 8.94. The molecule has 0 amide bonds. The minimum absolute atomic E-state index is 0.806. The average Bonchev–Trinajstić information content (AvgIpc) is 3.19. The Bertz CT molecular complexity index is 635. The van der Waals surface area contributed by atoms with Crippen LogP contribution in [0.25, 0.3) is 0 Å². The van der Waals surface area contributed by atoms with Crippen molar-refractivity contribution in [2.24, 2.45) is 4.99 Å². The third kappa shape index (κ3) is 4.95. The summed E-state index contributed by atoms with van der Waals surface area (Å²) in [6, 6.07) is 5.77. The number of anilines is 1. The van der Waals surface area contributed by atoms with Crippen LogP contribution in [0.15, 0.2) is 46.3 Å². The number of hydrogen-bond acceptors (Lipinski definition) is 5. The van der Waals surface area contributed by atoms with Crippen molar-refractivity contribution in [2.75, 3.05) is 44.2 Å². The molecule has 0 bridgehead atoms. The van der Waals surface area contributed by atoms with E-state index < -0.39 is 0 Å². The van der Waals surface area contributed by atoms with Gasteiger partial charge in [0.2, 0.25) is 5.95 Å². The molecule has 0 saturated carbocycles. The Balaban J connectivity index is 1.53. The molecule has 1 N–H and O–H groups in total. The molecule has 1 aliphatic heterocycles. The van der Waals surface area contributed by atoms with Gasteiger partial charge in [-0.1, -0.05) is 6.92 Å². The van der Waals surface area contributed by atoms with Crippen molar-refractivity contribution in [3.05, 3.63) is 42.6 Å². The smallest absolute Gasteiger partial charge is 0.225 e. The lowest BCUT2D eigenvalue weighted by molar-refractivity contribution is 0.369. The Labute approximate surface area is 148 Å². The van der Waals surface area contributed by atoms with Gasteiger partial charge in [0.15, 0.2) is 5.96 Å². The minimum Gasteiger partial charge on any atom is -0.469 e. The van der Waals surface area contributed by atoms with Crippen LogP contribution in [0.2, 0.25) is 0 Å². The Morgan fingerprint density at radius 2 is 2.00 bits per heavy atom. The second kappa shape index (κ2) is 9.05. The van der Waals surface area contributed by atoms with Crippen LogP contribution >= 0.6 is 0 Å². The summed E-state index contributed by atoms with van der Waals surface area (Å²) in [4.78, 5) is 17.9. The number of guanidine groups is 1. The van der Waals surface area contributed by atoms with Gasteiger partial charge in [0.25, 0.3) is 0 Å². The van der Waals surface area contributed by atoms with Crippen molar-refractivity contribution in [1.82, 2.24) is 20.2 Å². The molecule has 7 nitrogen and oxygen atoms in total. The van der Waals surface area contributed by atoms with Crippen LogP contribution in [0.1, 0.15) is 19.1 Å². The monoisotopic (exact) mass is 342 g/mol. The topological polar surface area (TPSA) is 69.8 Å². The predicted molar refractivity (Wildman–Crippen MR) is 98.8 cm³/mol. The van der Waals surface area contributed by atoms with Gasteiger partial charge in [-0.25, -0.2) is 9.97 Å². The maximum absolute atomic E-state index is 5.39. The molecule has 25 heavy (non-hydrogen) atoms. The van der Waals surface area contributed by atoms with E-state index in [1.54, 1.807) is 18.7 Å². The van der Waals surface area contributed by atoms with Gasteiger partial charge in [-0.3, -0.25) is 4.99 Å². The number of piperazine rings is 1. The van der Waals surface area contributed by atoms with Crippen LogP contribution in [0.4, 0.5) is 5.95 Å². The zero-order chi connectivity index (χ0) is 17.3. The molecule has 0 aliphatic carbocycles. The predicted octanol–water partition coefficient (Wildman–Crippen LogP) is 1.79. The Kier molecular flexibility index (Phi) is 6.25. The van der Waals surface area contributed by atoms with Crippen LogP contribution in [-0.2, 0) is 6.42 Å². The fraction of sp³-hybridized carbons (Fsp3) is 0.500. The largest absolute Gasteiger partial charge is 0.469 e. The van der Waals surface area contributed by atoms with Gasteiger partial charge in [0, 0.05) is 58.1 Å². The van der Waals surface area contributed by atoms with E-state index in [1.807, 2.05) is 18.2 Å². The van der Waals surface area contributed by atoms with Crippen LogP contribution in [0.5, 0.6) is 0 Å². The van der Waals surface area contributed by atoms with E-state index in [0.29, 0.717) is 0 Å². The maximum Gasteiger partial charge on any atom is 0.225 e. The van der Waals surface area contributed by atoms with E-state index in [2.05, 4.69) is 32.0 Å². The van der Waals surface area contributed by atoms with E-state index in [-0.39, 0.29) is 0 Å². The van der Waals surface area contributed by atoms with Gasteiger partial charge in [-0.2, -0.15) is 0 Å². The van der Waals surface area contributed by atoms with E-state index in [0.717, 1.165) is 69.8 Å². The van der Waals surface area contributed by atoms with Crippen molar-refractivity contribution < 1.29 is 4.42 Å². The molecule has 7 heteroatoms. The van der Waals surface area contributed by atoms with Crippen molar-refractivity contribution in [1.29, 1.82) is 0 Å². The highest BCUT2D eigenvalue weighted by molar-refractivity contribution is 5.80. The quantitative estimate of drug-likeness (QED) is 0.638. The average molecular weight is 342 g/mol. The van der Waals surface area contributed by atoms with Crippen molar-refractivity contribution in [3.8, 4) is 0 Å². The van der Waals surface area contributed by atoms with Gasteiger partial charge in [-0.15, -0.1) is 0 Å². The summed E-state index contributed by atoms with van der Waals surface area (Å²) in [5.41, 5.74) is 0. The zero-order valence-corrected chi connectivity index (χ0v) is 14.8. The molecule has 2 aromatic heterocycles. The zero-order valence-electron chi connectivity index (χ0n) is 14.8. The van der Waals surface area contributed by atoms with Crippen molar-refractivity contribution in [3.63, 3.8) is 0 Å². The van der Waals surface area contributed by atoms with Crippen LogP contribution < -0.4 is 10.2 Å². The minimum atomic E-state index is 0.806. The molecule has 3 rings (SSSR count). The molecule has 1 aliphatic rings. The van der Waals surface area contributed by atoms with Gasteiger partial charge in [-0.05, 0) is 24.6 Å². The summed E-state index contributed by atoms with van der Waals surface area (Å²) < 4.78 is 5.39. The lowest BCUT2D eigenvalue weighted by atomic mass is 10.3. The molecule has 0 unspecified atom stereocenters. The Hall–Kier alpha value is -2.57. The molecule has 134 valence electrons. The first kappa shape index (κ1) is 17.3. The summed E-state index contributed by atoms with van der Waals surface area (Å²) in [5.74, 6) is 2.79. The molecule has 1 saturated heterocycles. The second-order valence-corrected chi connectivity index (χ2v) is 5.98. The summed E-state index contributed by atoms with van der Waals surface area (Å²) >= 11 is 0. The second-order valence-electron chi connectivity index (χ2n) is 5.98. The molecular weight excluding hydrogens is 316 g/mol. The molecule has 0 aromatic carbocycles. The van der Waals surface area contributed by atoms with Gasteiger partial charge >= 0.3 is 0 Å². The number of rotatable bonds is 6. The highest BCUT2D eigenvalue weighted by Crippen LogP contribution is 2.10. The Morgan fingerprint density at radius 3 is 2.68 bits per heavy atom. The molecule has 0 radical (unpaired) electrons. The van der Waals surface area contributed by atoms with Crippen LogP contribution in [0.3, 0.4) is 0 Å². The molecule has 0 spiro atoms. The maximum atomic E-state index is 5.39. The van der Waals surface area contributed by atoms with E-state index >= 15 is 0 Å². The third-order valence-electron chi connectivity index (χ3n) is 4.13. The molecular formula is C18H26N6O. The Morgan fingerprint density at radius 1 is 1.20 bits per heavy atom. The highest BCUT2D eigenvalue weighted by atomic mass is 16.3. The lowest BCUT2D eigenvalue weighted by Gasteiger charge is -2.36. The number of aliphatic imine (C=N–C) groups is 1. The molecule has 2 aromatic rings. The number of nitrogens with one attached hydrogen (secondary N) is 1. The summed E-state index contributed by atoms with van der Waals surface area (Å²) in [7, 11) is 0. The van der Waals surface area contributed by atoms with Crippen molar-refractivity contribution in [2.45, 2.75) is 19.8 Å². The summed E-state index contributed by atoms with van der Waals surface area (Å²) in [6.45, 7) is 7.42. The molecule has 3 heterocycles. The van der Waals surface area contributed by atoms with Crippen LogP contribution in [-0.4, -0.2) is 60.1 Å². The lowest BCUT2D eigenvalue weighted by Crippen LogP contribution is -2.53. The van der Waals surface area contributed by atoms with E-state index in [9.17, 15) is 0 Å². The number of hydrogen-bond donors (Lipinski definition) is 1. The summed E-state index contributed by atoms with van der Waals surface area (Å²) in [6.07, 6.45) is 7.20. The van der Waals surface area contributed by atoms with Gasteiger partial charge in [0.05, 0.1) is 6.26 Å². The van der Waals surface area contributed by atoms with E-state index in [1.165, 1.54) is 0 Å². The normalized spacial score (nSPS) is 15.5. The summed E-state index contributed by atoms with van der Waals surface area (Å²) in [5, 5.41) is 3.48. The fourth-order valence-corrected chi connectivity index (χ4v) is 2.81.